The second-order valence-electron chi connectivity index (χ2n) is 3.94. The average Bonchev–Trinajstić information content (AvgIpc) is 2.18. The van der Waals surface area contributed by atoms with Gasteiger partial charge in [-0.05, 0) is 32.3 Å². The highest BCUT2D eigenvalue weighted by atomic mass is 16.5. The Morgan fingerprint density at radius 3 is 2.87 bits per heavy atom. The quantitative estimate of drug-likeness (QED) is 0.726. The Kier molecular flexibility index (Phi) is 5.37. The van der Waals surface area contributed by atoms with Gasteiger partial charge in [-0.15, -0.1) is 0 Å². The Morgan fingerprint density at radius 1 is 1.40 bits per heavy atom. The first-order valence-electron chi connectivity index (χ1n) is 5.61. The number of rotatable bonds is 6. The van der Waals surface area contributed by atoms with E-state index in [9.17, 15) is 0 Å². The van der Waals surface area contributed by atoms with Crippen LogP contribution in [0.5, 0.6) is 0 Å². The molecular formula is C13H21NO. The van der Waals surface area contributed by atoms with E-state index in [1.165, 1.54) is 11.1 Å². The van der Waals surface area contributed by atoms with Crippen LogP contribution in [0.15, 0.2) is 24.3 Å². The smallest absolute Gasteiger partial charge is 0.0480 e. The minimum absolute atomic E-state index is 0.207. The van der Waals surface area contributed by atoms with Gasteiger partial charge < -0.3 is 10.5 Å². The molecule has 0 saturated carbocycles. The molecule has 0 aliphatic heterocycles. The minimum atomic E-state index is 0.207. The van der Waals surface area contributed by atoms with Crippen molar-refractivity contribution < 1.29 is 4.74 Å². The van der Waals surface area contributed by atoms with Crippen molar-refractivity contribution in [3.8, 4) is 0 Å². The Morgan fingerprint density at radius 2 is 2.20 bits per heavy atom. The number of nitrogens with two attached hydrogens (primary N) is 1. The SMILES string of the molecule is CCOCCC(N)Cc1cccc(C)c1. The zero-order valence-electron chi connectivity index (χ0n) is 9.70. The summed E-state index contributed by atoms with van der Waals surface area (Å²) < 4.78 is 5.29. The van der Waals surface area contributed by atoms with Crippen LogP contribution in [0.1, 0.15) is 24.5 Å². The van der Waals surface area contributed by atoms with Crippen molar-refractivity contribution in [1.82, 2.24) is 0 Å². The van der Waals surface area contributed by atoms with E-state index in [4.69, 9.17) is 10.5 Å². The maximum absolute atomic E-state index is 6.02. The lowest BCUT2D eigenvalue weighted by Crippen LogP contribution is -2.24. The van der Waals surface area contributed by atoms with Crippen molar-refractivity contribution >= 4 is 0 Å². The lowest BCUT2D eigenvalue weighted by Gasteiger charge is -2.11. The predicted octanol–water partition coefficient (Wildman–Crippen LogP) is 2.29. The third-order valence-corrected chi connectivity index (χ3v) is 2.42. The summed E-state index contributed by atoms with van der Waals surface area (Å²) in [4.78, 5) is 0. The molecule has 84 valence electrons. The second-order valence-corrected chi connectivity index (χ2v) is 3.94. The average molecular weight is 207 g/mol. The van der Waals surface area contributed by atoms with Gasteiger partial charge in [0.2, 0.25) is 0 Å². The molecule has 0 aromatic heterocycles. The van der Waals surface area contributed by atoms with Gasteiger partial charge in [0.25, 0.3) is 0 Å². The summed E-state index contributed by atoms with van der Waals surface area (Å²) in [6, 6.07) is 8.72. The molecule has 2 nitrogen and oxygen atoms in total. The molecule has 2 heteroatoms. The highest BCUT2D eigenvalue weighted by Crippen LogP contribution is 2.07. The van der Waals surface area contributed by atoms with E-state index < -0.39 is 0 Å². The van der Waals surface area contributed by atoms with E-state index in [2.05, 4.69) is 31.2 Å². The summed E-state index contributed by atoms with van der Waals surface area (Å²) in [7, 11) is 0. The summed E-state index contributed by atoms with van der Waals surface area (Å²) in [6.45, 7) is 5.65. The molecule has 15 heavy (non-hydrogen) atoms. The summed E-state index contributed by atoms with van der Waals surface area (Å²) >= 11 is 0. The fourth-order valence-corrected chi connectivity index (χ4v) is 1.62. The first-order valence-corrected chi connectivity index (χ1v) is 5.61. The monoisotopic (exact) mass is 207 g/mol. The molecule has 0 fully saturated rings. The molecule has 0 spiro atoms. The maximum atomic E-state index is 6.02. The van der Waals surface area contributed by atoms with E-state index in [0.29, 0.717) is 0 Å². The molecule has 0 amide bonds. The van der Waals surface area contributed by atoms with Crippen LogP contribution in [-0.2, 0) is 11.2 Å². The standard InChI is InChI=1S/C13H21NO/c1-3-15-8-7-13(14)10-12-6-4-5-11(2)9-12/h4-6,9,13H,3,7-8,10,14H2,1-2H3. The summed E-state index contributed by atoms with van der Waals surface area (Å²) in [5.74, 6) is 0. The molecule has 0 aliphatic rings. The molecule has 1 aromatic rings. The van der Waals surface area contributed by atoms with Crippen LogP contribution in [0.4, 0.5) is 0 Å². The van der Waals surface area contributed by atoms with Crippen molar-refractivity contribution in [2.24, 2.45) is 5.73 Å². The molecular weight excluding hydrogens is 186 g/mol. The van der Waals surface area contributed by atoms with Gasteiger partial charge in [-0.25, -0.2) is 0 Å². The third kappa shape index (κ3) is 4.96. The Hall–Kier alpha value is -0.860. The third-order valence-electron chi connectivity index (χ3n) is 2.42. The molecule has 0 aliphatic carbocycles. The van der Waals surface area contributed by atoms with Gasteiger partial charge in [-0.3, -0.25) is 0 Å². The van der Waals surface area contributed by atoms with Crippen molar-refractivity contribution in [2.45, 2.75) is 32.7 Å². The number of aryl methyl sites for hydroxylation is 1. The fourth-order valence-electron chi connectivity index (χ4n) is 1.62. The van der Waals surface area contributed by atoms with Gasteiger partial charge in [0.15, 0.2) is 0 Å². The number of hydrogen-bond donors (Lipinski definition) is 1. The van der Waals surface area contributed by atoms with Crippen molar-refractivity contribution in [2.75, 3.05) is 13.2 Å². The van der Waals surface area contributed by atoms with E-state index in [1.807, 2.05) is 6.92 Å². The van der Waals surface area contributed by atoms with Crippen LogP contribution in [0, 0.1) is 6.92 Å². The van der Waals surface area contributed by atoms with Gasteiger partial charge in [0.1, 0.15) is 0 Å². The summed E-state index contributed by atoms with van der Waals surface area (Å²) in [5.41, 5.74) is 8.63. The van der Waals surface area contributed by atoms with Crippen LogP contribution in [0.2, 0.25) is 0 Å². The lowest BCUT2D eigenvalue weighted by atomic mass is 10.0. The van der Waals surface area contributed by atoms with Crippen LogP contribution in [0.3, 0.4) is 0 Å². The molecule has 0 heterocycles. The summed E-state index contributed by atoms with van der Waals surface area (Å²) in [6.07, 6.45) is 1.87. The number of benzene rings is 1. The largest absolute Gasteiger partial charge is 0.382 e. The van der Waals surface area contributed by atoms with Crippen molar-refractivity contribution in [3.63, 3.8) is 0 Å². The van der Waals surface area contributed by atoms with Gasteiger partial charge in [-0.1, -0.05) is 29.8 Å². The van der Waals surface area contributed by atoms with Crippen LogP contribution in [0.25, 0.3) is 0 Å². The van der Waals surface area contributed by atoms with Gasteiger partial charge in [0.05, 0.1) is 0 Å². The van der Waals surface area contributed by atoms with Gasteiger partial charge in [-0.2, -0.15) is 0 Å². The van der Waals surface area contributed by atoms with Crippen molar-refractivity contribution in [1.29, 1.82) is 0 Å². The highest BCUT2D eigenvalue weighted by Gasteiger charge is 2.03. The van der Waals surface area contributed by atoms with E-state index >= 15 is 0 Å². The molecule has 1 atom stereocenters. The zero-order chi connectivity index (χ0) is 11.1. The van der Waals surface area contributed by atoms with Crippen molar-refractivity contribution in [3.05, 3.63) is 35.4 Å². The molecule has 2 N–H and O–H groups in total. The first-order chi connectivity index (χ1) is 7.22. The molecule has 1 unspecified atom stereocenters. The minimum Gasteiger partial charge on any atom is -0.382 e. The summed E-state index contributed by atoms with van der Waals surface area (Å²) in [5, 5.41) is 0. The maximum Gasteiger partial charge on any atom is 0.0480 e. The molecule has 0 saturated heterocycles. The fraction of sp³-hybridized carbons (Fsp3) is 0.538. The number of hydrogen-bond acceptors (Lipinski definition) is 2. The molecule has 0 bridgehead atoms. The Bertz CT molecular complexity index is 286. The van der Waals surface area contributed by atoms with E-state index in [-0.39, 0.29) is 6.04 Å². The van der Waals surface area contributed by atoms with Crippen LogP contribution in [-0.4, -0.2) is 19.3 Å². The first kappa shape index (κ1) is 12.2. The second kappa shape index (κ2) is 6.59. The highest BCUT2D eigenvalue weighted by molar-refractivity contribution is 5.22. The Labute approximate surface area is 92.4 Å². The molecule has 1 aromatic carbocycles. The zero-order valence-corrected chi connectivity index (χ0v) is 9.70. The van der Waals surface area contributed by atoms with Gasteiger partial charge in [0, 0.05) is 19.3 Å². The van der Waals surface area contributed by atoms with E-state index in [0.717, 1.165) is 26.1 Å². The predicted molar refractivity (Wildman–Crippen MR) is 64.0 cm³/mol. The van der Waals surface area contributed by atoms with Crippen LogP contribution < -0.4 is 5.73 Å². The molecule has 1 rings (SSSR count). The van der Waals surface area contributed by atoms with Crippen LogP contribution >= 0.6 is 0 Å². The van der Waals surface area contributed by atoms with E-state index in [1.54, 1.807) is 0 Å². The number of ether oxygens (including phenoxy) is 1. The van der Waals surface area contributed by atoms with Gasteiger partial charge >= 0.3 is 0 Å². The lowest BCUT2D eigenvalue weighted by molar-refractivity contribution is 0.140. The Balaban J connectivity index is 2.34. The molecule has 0 radical (unpaired) electrons. The topological polar surface area (TPSA) is 35.2 Å². The normalized spacial score (nSPS) is 12.7.